The number of hydrogen-bond donors (Lipinski definition) is 2. The molecule has 3 rings (SSSR count). The van der Waals surface area contributed by atoms with Gasteiger partial charge in [-0.3, -0.25) is 4.90 Å². The molecule has 2 N–H and O–H groups in total. The molecule has 0 spiro atoms. The number of hydrogen-bond acceptors (Lipinski definition) is 4. The molecule has 1 atom stereocenters. The number of rotatable bonds is 6. The number of aromatic nitrogens is 1. The monoisotopic (exact) mass is 342 g/mol. The van der Waals surface area contributed by atoms with Crippen LogP contribution in [0.2, 0.25) is 0 Å². The van der Waals surface area contributed by atoms with Crippen LogP contribution in [0, 0.1) is 6.92 Å². The van der Waals surface area contributed by atoms with Crippen molar-refractivity contribution in [3.8, 4) is 0 Å². The lowest BCUT2D eigenvalue weighted by atomic mass is 10.1. The molecule has 2 aromatic rings. The zero-order valence-corrected chi connectivity index (χ0v) is 15.1. The first kappa shape index (κ1) is 17.5. The van der Waals surface area contributed by atoms with Gasteiger partial charge in [-0.25, -0.2) is 4.79 Å². The van der Waals surface area contributed by atoms with Gasteiger partial charge < -0.3 is 15.2 Å². The molecule has 0 radical (unpaired) electrons. The van der Waals surface area contributed by atoms with Gasteiger partial charge in [-0.05, 0) is 44.4 Å². The van der Waals surface area contributed by atoms with Gasteiger partial charge in [-0.2, -0.15) is 0 Å². The molecular formula is C19H26N4O2. The van der Waals surface area contributed by atoms with Crippen molar-refractivity contribution in [2.45, 2.75) is 46.2 Å². The number of nitrogens with zero attached hydrogens (tertiary/aromatic N) is 2. The number of carbonyl (C=O) groups is 1. The molecule has 2 amide bonds. The van der Waals surface area contributed by atoms with Gasteiger partial charge >= 0.3 is 6.03 Å². The molecule has 0 saturated carbocycles. The second kappa shape index (κ2) is 7.70. The predicted molar refractivity (Wildman–Crippen MR) is 97.7 cm³/mol. The van der Waals surface area contributed by atoms with Crippen LogP contribution in [0.4, 0.5) is 10.5 Å². The Morgan fingerprint density at radius 2 is 2.12 bits per heavy atom. The molecule has 0 bridgehead atoms. The minimum atomic E-state index is -0.0137. The average Bonchev–Trinajstić information content (AvgIpc) is 3.00. The van der Waals surface area contributed by atoms with Crippen LogP contribution < -0.4 is 15.5 Å². The number of nitrogens with one attached hydrogen (secondary N) is 2. The first-order chi connectivity index (χ1) is 12.1. The van der Waals surface area contributed by atoms with Crippen LogP contribution in [0.25, 0.3) is 0 Å². The third-order valence-corrected chi connectivity index (χ3v) is 4.77. The minimum Gasteiger partial charge on any atom is -0.361 e. The van der Waals surface area contributed by atoms with Crippen LogP contribution in [0.1, 0.15) is 48.9 Å². The molecule has 1 aromatic heterocycles. The maximum Gasteiger partial charge on any atom is 0.321 e. The number of urea groups is 1. The Balaban J connectivity index is 1.63. The van der Waals surface area contributed by atoms with Crippen LogP contribution in [0.3, 0.4) is 0 Å². The summed E-state index contributed by atoms with van der Waals surface area (Å²) in [5, 5.41) is 10.5. The maximum absolute atomic E-state index is 11.9. The largest absolute Gasteiger partial charge is 0.361 e. The third kappa shape index (κ3) is 3.85. The fourth-order valence-electron chi connectivity index (χ4n) is 3.13. The van der Waals surface area contributed by atoms with E-state index in [1.54, 1.807) is 4.90 Å². The van der Waals surface area contributed by atoms with Gasteiger partial charge in [0.25, 0.3) is 0 Å². The number of aryl methyl sites for hydroxylation is 2. The summed E-state index contributed by atoms with van der Waals surface area (Å²) in [6.07, 6.45) is 1.85. The second-order valence-corrected chi connectivity index (χ2v) is 6.45. The standard InChI is InChI=1S/C19H26N4O2/c1-4-18-17(14(3)25-22-18)12-21-13(2)15-6-8-16(9-7-15)23-11-5-10-20-19(23)24/h6-9,13,21H,4-5,10-12H2,1-3H3,(H,20,24). The average molecular weight is 342 g/mol. The quantitative estimate of drug-likeness (QED) is 0.845. The fraction of sp³-hybridized carbons (Fsp3) is 0.474. The molecule has 0 aliphatic carbocycles. The molecule has 2 heterocycles. The number of amides is 2. The summed E-state index contributed by atoms with van der Waals surface area (Å²) < 4.78 is 5.28. The van der Waals surface area contributed by atoms with Crippen molar-refractivity contribution in [1.29, 1.82) is 0 Å². The van der Waals surface area contributed by atoms with Crippen molar-refractivity contribution >= 4 is 11.7 Å². The molecule has 25 heavy (non-hydrogen) atoms. The van der Waals surface area contributed by atoms with Gasteiger partial charge in [0.1, 0.15) is 5.76 Å². The van der Waals surface area contributed by atoms with E-state index in [0.29, 0.717) is 0 Å². The lowest BCUT2D eigenvalue weighted by Crippen LogP contribution is -2.46. The summed E-state index contributed by atoms with van der Waals surface area (Å²) in [5.41, 5.74) is 4.30. The van der Waals surface area contributed by atoms with E-state index in [4.69, 9.17) is 4.52 Å². The highest BCUT2D eigenvalue weighted by Gasteiger charge is 2.19. The zero-order chi connectivity index (χ0) is 17.8. The van der Waals surface area contributed by atoms with Gasteiger partial charge in [-0.1, -0.05) is 24.2 Å². The summed E-state index contributed by atoms with van der Waals surface area (Å²) in [6.45, 7) is 8.43. The van der Waals surface area contributed by atoms with E-state index in [1.807, 2.05) is 19.1 Å². The van der Waals surface area contributed by atoms with E-state index in [2.05, 4.69) is 41.8 Å². The van der Waals surface area contributed by atoms with Crippen molar-refractivity contribution in [2.24, 2.45) is 0 Å². The van der Waals surface area contributed by atoms with Crippen LogP contribution in [0.5, 0.6) is 0 Å². The number of anilines is 1. The van der Waals surface area contributed by atoms with E-state index >= 15 is 0 Å². The Morgan fingerprint density at radius 3 is 2.80 bits per heavy atom. The van der Waals surface area contributed by atoms with Gasteiger partial charge in [0.05, 0.1) is 5.69 Å². The van der Waals surface area contributed by atoms with Crippen molar-refractivity contribution < 1.29 is 9.32 Å². The Kier molecular flexibility index (Phi) is 5.38. The van der Waals surface area contributed by atoms with E-state index in [0.717, 1.165) is 55.2 Å². The molecular weight excluding hydrogens is 316 g/mol. The highest BCUT2D eigenvalue weighted by molar-refractivity contribution is 5.92. The first-order valence-corrected chi connectivity index (χ1v) is 8.93. The SMILES string of the molecule is CCc1noc(C)c1CNC(C)c1ccc(N2CCCNC2=O)cc1. The van der Waals surface area contributed by atoms with Crippen molar-refractivity contribution in [3.05, 3.63) is 46.8 Å². The number of benzene rings is 1. The zero-order valence-electron chi connectivity index (χ0n) is 15.1. The van der Waals surface area contributed by atoms with E-state index in [-0.39, 0.29) is 12.1 Å². The van der Waals surface area contributed by atoms with E-state index in [1.165, 1.54) is 5.56 Å². The predicted octanol–water partition coefficient (Wildman–Crippen LogP) is 3.32. The second-order valence-electron chi connectivity index (χ2n) is 6.45. The Morgan fingerprint density at radius 1 is 1.36 bits per heavy atom. The molecule has 1 aliphatic rings. The smallest absolute Gasteiger partial charge is 0.321 e. The van der Waals surface area contributed by atoms with Gasteiger partial charge in [-0.15, -0.1) is 0 Å². The van der Waals surface area contributed by atoms with E-state index in [9.17, 15) is 4.79 Å². The Hall–Kier alpha value is -2.34. The van der Waals surface area contributed by atoms with Gasteiger partial charge in [0.15, 0.2) is 0 Å². The lowest BCUT2D eigenvalue weighted by molar-refractivity contribution is 0.243. The maximum atomic E-state index is 11.9. The Bertz CT molecular complexity index is 724. The molecule has 1 aromatic carbocycles. The fourth-order valence-corrected chi connectivity index (χ4v) is 3.13. The molecule has 1 fully saturated rings. The topological polar surface area (TPSA) is 70.4 Å². The van der Waals surface area contributed by atoms with Gasteiger partial charge in [0.2, 0.25) is 0 Å². The first-order valence-electron chi connectivity index (χ1n) is 8.93. The molecule has 6 heteroatoms. The van der Waals surface area contributed by atoms with Crippen molar-refractivity contribution in [1.82, 2.24) is 15.8 Å². The molecule has 1 saturated heterocycles. The van der Waals surface area contributed by atoms with Crippen LogP contribution in [0.15, 0.2) is 28.8 Å². The number of carbonyl (C=O) groups excluding carboxylic acids is 1. The third-order valence-electron chi connectivity index (χ3n) is 4.77. The highest BCUT2D eigenvalue weighted by atomic mass is 16.5. The van der Waals surface area contributed by atoms with Crippen molar-refractivity contribution in [2.75, 3.05) is 18.0 Å². The molecule has 134 valence electrons. The van der Waals surface area contributed by atoms with E-state index < -0.39 is 0 Å². The summed E-state index contributed by atoms with van der Waals surface area (Å²) >= 11 is 0. The summed E-state index contributed by atoms with van der Waals surface area (Å²) in [5.74, 6) is 0.878. The minimum absolute atomic E-state index is 0.0137. The van der Waals surface area contributed by atoms with Crippen molar-refractivity contribution in [3.63, 3.8) is 0 Å². The molecule has 1 aliphatic heterocycles. The van der Waals surface area contributed by atoms with Crippen LogP contribution >= 0.6 is 0 Å². The Labute approximate surface area is 148 Å². The van der Waals surface area contributed by atoms with Gasteiger partial charge in [0, 0.05) is 36.9 Å². The normalized spacial score (nSPS) is 16.0. The van der Waals surface area contributed by atoms with Crippen LogP contribution in [-0.4, -0.2) is 24.3 Å². The summed E-state index contributed by atoms with van der Waals surface area (Å²) in [6, 6.07) is 8.37. The highest BCUT2D eigenvalue weighted by Crippen LogP contribution is 2.22. The van der Waals surface area contributed by atoms with Crippen LogP contribution in [-0.2, 0) is 13.0 Å². The molecule has 1 unspecified atom stereocenters. The summed E-state index contributed by atoms with van der Waals surface area (Å²) in [7, 11) is 0. The summed E-state index contributed by atoms with van der Waals surface area (Å²) in [4.78, 5) is 13.7. The molecule has 6 nitrogen and oxygen atoms in total. The lowest BCUT2D eigenvalue weighted by Gasteiger charge is -2.27.